The van der Waals surface area contributed by atoms with Crippen LogP contribution in [0.1, 0.15) is 16.8 Å². The third kappa shape index (κ3) is 2.47. The van der Waals surface area contributed by atoms with E-state index < -0.39 is 0 Å². The van der Waals surface area contributed by atoms with Crippen LogP contribution in [0.25, 0.3) is 21.7 Å². The lowest BCUT2D eigenvalue weighted by atomic mass is 9.99. The van der Waals surface area contributed by atoms with Gasteiger partial charge in [-0.3, -0.25) is 4.79 Å². The summed E-state index contributed by atoms with van der Waals surface area (Å²) >= 11 is 0. The van der Waals surface area contributed by atoms with Crippen molar-refractivity contribution in [3.63, 3.8) is 0 Å². The van der Waals surface area contributed by atoms with E-state index in [4.69, 9.17) is 0 Å². The van der Waals surface area contributed by atoms with Gasteiger partial charge in [-0.15, -0.1) is 0 Å². The molecular weight excluding hydrogens is 294 g/mol. The number of pyridine rings is 1. The van der Waals surface area contributed by atoms with E-state index in [-0.39, 0.29) is 5.43 Å². The van der Waals surface area contributed by atoms with Crippen molar-refractivity contribution in [1.29, 1.82) is 0 Å². The van der Waals surface area contributed by atoms with Crippen LogP contribution in [0.2, 0.25) is 0 Å². The number of nitrogens with one attached hydrogen (secondary N) is 1. The molecule has 0 amide bonds. The van der Waals surface area contributed by atoms with E-state index in [1.54, 1.807) is 12.1 Å². The Morgan fingerprint density at radius 3 is 2.54 bits per heavy atom. The van der Waals surface area contributed by atoms with Crippen LogP contribution in [-0.4, -0.2) is 4.98 Å². The van der Waals surface area contributed by atoms with Crippen LogP contribution in [0.3, 0.4) is 0 Å². The Morgan fingerprint density at radius 2 is 1.71 bits per heavy atom. The average molecular weight is 309 g/mol. The first-order chi connectivity index (χ1) is 11.7. The zero-order valence-electron chi connectivity index (χ0n) is 13.3. The quantitative estimate of drug-likeness (QED) is 0.379. The number of aromatic amines is 1. The molecule has 0 aliphatic heterocycles. The molecule has 0 spiro atoms. The second kappa shape index (κ2) is 5.72. The average Bonchev–Trinajstić information content (AvgIpc) is 2.61. The van der Waals surface area contributed by atoms with E-state index in [1.165, 1.54) is 0 Å². The van der Waals surface area contributed by atoms with E-state index in [0.717, 1.165) is 33.1 Å². The highest BCUT2D eigenvalue weighted by molar-refractivity contribution is 6.07. The minimum absolute atomic E-state index is 0.0164. The van der Waals surface area contributed by atoms with Crippen molar-refractivity contribution >= 4 is 21.7 Å². The van der Waals surface area contributed by atoms with E-state index in [2.05, 4.69) is 16.8 Å². The van der Waals surface area contributed by atoms with Gasteiger partial charge in [-0.05, 0) is 37.3 Å². The molecule has 2 nitrogen and oxygen atoms in total. The summed E-state index contributed by atoms with van der Waals surface area (Å²) in [5.74, 6) is 6.42. The first-order valence-corrected chi connectivity index (χ1v) is 7.85. The predicted molar refractivity (Wildman–Crippen MR) is 99.2 cm³/mol. The van der Waals surface area contributed by atoms with Crippen molar-refractivity contribution in [1.82, 2.24) is 4.98 Å². The predicted octanol–water partition coefficient (Wildman–Crippen LogP) is 4.39. The Bertz CT molecular complexity index is 1170. The van der Waals surface area contributed by atoms with Crippen LogP contribution < -0.4 is 5.43 Å². The van der Waals surface area contributed by atoms with Gasteiger partial charge >= 0.3 is 0 Å². The fraction of sp³-hybridized carbons (Fsp3) is 0.0455. The molecular formula is C22H15NO. The smallest absolute Gasteiger partial charge is 0.188 e. The number of hydrogen-bond acceptors (Lipinski definition) is 1. The molecule has 0 aliphatic carbocycles. The fourth-order valence-electron chi connectivity index (χ4n) is 2.95. The Balaban J connectivity index is 2.06. The minimum Gasteiger partial charge on any atom is -0.358 e. The number of rotatable bonds is 0. The molecule has 3 aromatic carbocycles. The summed E-state index contributed by atoms with van der Waals surface area (Å²) in [5.41, 5.74) is 3.74. The molecule has 0 saturated heterocycles. The van der Waals surface area contributed by atoms with Gasteiger partial charge in [0.1, 0.15) is 0 Å². The molecule has 0 radical (unpaired) electrons. The molecule has 1 heterocycles. The third-order valence-electron chi connectivity index (χ3n) is 4.11. The maximum atomic E-state index is 12.5. The summed E-state index contributed by atoms with van der Waals surface area (Å²) in [5, 5.41) is 2.59. The Morgan fingerprint density at radius 1 is 0.875 bits per heavy atom. The van der Waals surface area contributed by atoms with Crippen LogP contribution in [-0.2, 0) is 0 Å². The van der Waals surface area contributed by atoms with Crippen molar-refractivity contribution < 1.29 is 0 Å². The Hall–Kier alpha value is -3.31. The van der Waals surface area contributed by atoms with Crippen LogP contribution >= 0.6 is 0 Å². The normalized spacial score (nSPS) is 10.5. The van der Waals surface area contributed by atoms with E-state index in [9.17, 15) is 4.79 Å². The number of hydrogen-bond donors (Lipinski definition) is 1. The van der Waals surface area contributed by atoms with Crippen molar-refractivity contribution in [2.24, 2.45) is 0 Å². The SMILES string of the molecule is Cc1ccc2cc(C#Cc3ccccc3)c3cccc(=O)c3c2[nH]1. The molecule has 4 rings (SSSR count). The van der Waals surface area contributed by atoms with Gasteiger partial charge < -0.3 is 4.98 Å². The maximum Gasteiger partial charge on any atom is 0.188 e. The van der Waals surface area contributed by atoms with Gasteiger partial charge in [0, 0.05) is 27.6 Å². The second-order valence-electron chi connectivity index (χ2n) is 5.82. The topological polar surface area (TPSA) is 32.9 Å². The summed E-state index contributed by atoms with van der Waals surface area (Å²) in [7, 11) is 0. The Kier molecular flexibility index (Phi) is 3.40. The summed E-state index contributed by atoms with van der Waals surface area (Å²) in [6.45, 7) is 1.99. The molecule has 0 atom stereocenters. The van der Waals surface area contributed by atoms with Crippen molar-refractivity contribution in [3.05, 3.63) is 93.8 Å². The summed E-state index contributed by atoms with van der Waals surface area (Å²) in [6.07, 6.45) is 0. The molecule has 4 aromatic rings. The van der Waals surface area contributed by atoms with Gasteiger partial charge in [0.2, 0.25) is 0 Å². The van der Waals surface area contributed by atoms with Gasteiger partial charge in [-0.2, -0.15) is 0 Å². The van der Waals surface area contributed by atoms with Crippen molar-refractivity contribution in [2.45, 2.75) is 6.92 Å². The molecule has 114 valence electrons. The summed E-state index contributed by atoms with van der Waals surface area (Å²) < 4.78 is 0. The van der Waals surface area contributed by atoms with Crippen LogP contribution in [0.5, 0.6) is 0 Å². The van der Waals surface area contributed by atoms with E-state index >= 15 is 0 Å². The number of fused-ring (bicyclic) bond motifs is 3. The van der Waals surface area contributed by atoms with Crippen molar-refractivity contribution in [2.75, 3.05) is 0 Å². The fourth-order valence-corrected chi connectivity index (χ4v) is 2.95. The minimum atomic E-state index is 0.0164. The lowest BCUT2D eigenvalue weighted by molar-refractivity contribution is 1.26. The first-order valence-electron chi connectivity index (χ1n) is 7.85. The Labute approximate surface area is 139 Å². The first kappa shape index (κ1) is 14.3. The van der Waals surface area contributed by atoms with Crippen LogP contribution in [0, 0.1) is 18.8 Å². The molecule has 0 unspecified atom stereocenters. The number of aryl methyl sites for hydroxylation is 1. The van der Waals surface area contributed by atoms with Gasteiger partial charge in [0.15, 0.2) is 5.43 Å². The maximum absolute atomic E-state index is 12.5. The summed E-state index contributed by atoms with van der Waals surface area (Å²) in [4.78, 5) is 15.8. The molecule has 0 bridgehead atoms. The third-order valence-corrected chi connectivity index (χ3v) is 4.11. The van der Waals surface area contributed by atoms with Crippen molar-refractivity contribution in [3.8, 4) is 11.8 Å². The molecule has 1 aromatic heterocycles. The number of aromatic nitrogens is 1. The highest BCUT2D eigenvalue weighted by Gasteiger charge is 2.08. The lowest BCUT2D eigenvalue weighted by Gasteiger charge is -2.07. The zero-order chi connectivity index (χ0) is 16.5. The number of H-pyrrole nitrogens is 1. The van der Waals surface area contributed by atoms with Gasteiger partial charge in [0.05, 0.1) is 10.9 Å². The summed E-state index contributed by atoms with van der Waals surface area (Å²) in [6, 6.07) is 21.3. The second-order valence-corrected chi connectivity index (χ2v) is 5.82. The van der Waals surface area contributed by atoms with E-state index in [0.29, 0.717) is 5.39 Å². The molecule has 0 aliphatic rings. The number of benzene rings is 3. The van der Waals surface area contributed by atoms with E-state index in [1.807, 2.05) is 61.5 Å². The lowest BCUT2D eigenvalue weighted by Crippen LogP contribution is -2.02. The molecule has 2 heteroatoms. The standard InChI is InChI=1S/C22H15NO/c1-15-10-12-18-14-17(13-11-16-6-3-2-4-7-16)19-8-5-9-20(24)21(19)22(18)23-15/h2-10,12,14,23H,1H3. The highest BCUT2D eigenvalue weighted by Crippen LogP contribution is 2.25. The molecule has 24 heavy (non-hydrogen) atoms. The van der Waals surface area contributed by atoms with Crippen LogP contribution in [0.15, 0.2) is 71.5 Å². The van der Waals surface area contributed by atoms with Crippen LogP contribution in [0.4, 0.5) is 0 Å². The molecule has 0 saturated carbocycles. The van der Waals surface area contributed by atoms with Gasteiger partial charge in [-0.1, -0.05) is 48.2 Å². The molecule has 1 N–H and O–H groups in total. The molecule has 0 fully saturated rings. The highest BCUT2D eigenvalue weighted by atomic mass is 16.1. The zero-order valence-corrected chi connectivity index (χ0v) is 13.3. The van der Waals surface area contributed by atoms with Gasteiger partial charge in [0.25, 0.3) is 0 Å². The monoisotopic (exact) mass is 309 g/mol. The van der Waals surface area contributed by atoms with Gasteiger partial charge in [-0.25, -0.2) is 0 Å². The largest absolute Gasteiger partial charge is 0.358 e.